The van der Waals surface area contributed by atoms with Crippen LogP contribution in [-0.2, 0) is 22.6 Å². The second-order valence-corrected chi connectivity index (χ2v) is 7.81. The first-order valence-corrected chi connectivity index (χ1v) is 10.8. The van der Waals surface area contributed by atoms with Crippen molar-refractivity contribution in [1.82, 2.24) is 10.2 Å². The minimum absolute atomic E-state index is 0.128. The number of amides is 2. The number of carbonyl (C=O) groups excluding carboxylic acids is 2. The summed E-state index contributed by atoms with van der Waals surface area (Å²) in [4.78, 5) is 27.2. The van der Waals surface area contributed by atoms with E-state index in [0.717, 1.165) is 11.1 Å². The third-order valence-corrected chi connectivity index (χ3v) is 5.78. The minimum Gasteiger partial charge on any atom is -0.493 e. The number of ether oxygens (including phenoxy) is 2. The van der Waals surface area contributed by atoms with E-state index < -0.39 is 6.04 Å². The average molecular weight is 467 g/mol. The Labute approximate surface area is 193 Å². The number of nitrogens with one attached hydrogen (secondary N) is 1. The summed E-state index contributed by atoms with van der Waals surface area (Å²) < 4.78 is 10.6. The molecule has 0 aromatic heterocycles. The quantitative estimate of drug-likeness (QED) is 0.559. The molecule has 0 aliphatic heterocycles. The largest absolute Gasteiger partial charge is 0.493 e. The SMILES string of the molecule is CCC(C(=O)NC)N(Cc1ccc(Cl)c(Cl)c1)C(=O)CCc1ccc(OC)c(OC)c1. The molecule has 0 bridgehead atoms. The smallest absolute Gasteiger partial charge is 0.242 e. The van der Waals surface area contributed by atoms with Crippen LogP contribution in [0.1, 0.15) is 30.9 Å². The predicted octanol–water partition coefficient (Wildman–Crippen LogP) is 4.50. The van der Waals surface area contributed by atoms with Gasteiger partial charge in [-0.05, 0) is 48.2 Å². The molecule has 0 spiro atoms. The fourth-order valence-electron chi connectivity index (χ4n) is 3.35. The maximum atomic E-state index is 13.2. The maximum Gasteiger partial charge on any atom is 0.242 e. The molecule has 0 fully saturated rings. The van der Waals surface area contributed by atoms with E-state index in [0.29, 0.717) is 34.4 Å². The van der Waals surface area contributed by atoms with Gasteiger partial charge in [0, 0.05) is 20.0 Å². The molecule has 0 saturated heterocycles. The van der Waals surface area contributed by atoms with E-state index in [4.69, 9.17) is 32.7 Å². The number of hydrogen-bond acceptors (Lipinski definition) is 4. The van der Waals surface area contributed by atoms with Gasteiger partial charge in [-0.3, -0.25) is 9.59 Å². The first-order valence-electron chi connectivity index (χ1n) is 10.00. The molecule has 6 nitrogen and oxygen atoms in total. The summed E-state index contributed by atoms with van der Waals surface area (Å²) in [5.41, 5.74) is 1.74. The van der Waals surface area contributed by atoms with E-state index >= 15 is 0 Å². The highest BCUT2D eigenvalue weighted by Gasteiger charge is 2.28. The van der Waals surface area contributed by atoms with Crippen molar-refractivity contribution in [2.45, 2.75) is 38.8 Å². The Hall–Kier alpha value is -2.44. The highest BCUT2D eigenvalue weighted by atomic mass is 35.5. The van der Waals surface area contributed by atoms with Crippen LogP contribution in [0.2, 0.25) is 10.0 Å². The molecule has 2 amide bonds. The Morgan fingerprint density at radius 1 is 1.00 bits per heavy atom. The molecule has 1 atom stereocenters. The summed E-state index contributed by atoms with van der Waals surface area (Å²) in [6.07, 6.45) is 1.23. The van der Waals surface area contributed by atoms with Crippen LogP contribution in [0, 0.1) is 0 Å². The number of rotatable bonds is 10. The molecule has 168 valence electrons. The van der Waals surface area contributed by atoms with Gasteiger partial charge in [0.15, 0.2) is 11.5 Å². The number of halogens is 2. The van der Waals surface area contributed by atoms with Crippen molar-refractivity contribution in [2.75, 3.05) is 21.3 Å². The van der Waals surface area contributed by atoms with Crippen LogP contribution in [0.5, 0.6) is 11.5 Å². The number of likely N-dealkylation sites (N-methyl/N-ethyl adjacent to an activating group) is 1. The number of nitrogens with zero attached hydrogens (tertiary/aromatic N) is 1. The van der Waals surface area contributed by atoms with Crippen molar-refractivity contribution in [3.8, 4) is 11.5 Å². The van der Waals surface area contributed by atoms with Gasteiger partial charge in [0.2, 0.25) is 11.8 Å². The Balaban J connectivity index is 2.22. The maximum absolute atomic E-state index is 13.2. The number of methoxy groups -OCH3 is 2. The van der Waals surface area contributed by atoms with E-state index in [1.807, 2.05) is 25.1 Å². The number of carbonyl (C=O) groups is 2. The molecule has 2 aromatic carbocycles. The molecule has 1 unspecified atom stereocenters. The third kappa shape index (κ3) is 6.52. The zero-order valence-electron chi connectivity index (χ0n) is 18.2. The van der Waals surface area contributed by atoms with Crippen molar-refractivity contribution in [1.29, 1.82) is 0 Å². The number of hydrogen-bond donors (Lipinski definition) is 1. The van der Waals surface area contributed by atoms with Crippen molar-refractivity contribution in [3.63, 3.8) is 0 Å². The van der Waals surface area contributed by atoms with Crippen LogP contribution in [-0.4, -0.2) is 44.0 Å². The van der Waals surface area contributed by atoms with Crippen molar-refractivity contribution in [3.05, 3.63) is 57.6 Å². The second-order valence-electron chi connectivity index (χ2n) is 7.00. The van der Waals surface area contributed by atoms with Gasteiger partial charge < -0.3 is 19.7 Å². The third-order valence-electron chi connectivity index (χ3n) is 5.04. The zero-order chi connectivity index (χ0) is 23.0. The van der Waals surface area contributed by atoms with Gasteiger partial charge in [-0.2, -0.15) is 0 Å². The monoisotopic (exact) mass is 466 g/mol. The first kappa shape index (κ1) is 24.8. The summed E-state index contributed by atoms with van der Waals surface area (Å²) >= 11 is 12.1. The molecule has 0 saturated carbocycles. The molecule has 0 aliphatic carbocycles. The van der Waals surface area contributed by atoms with Crippen molar-refractivity contribution < 1.29 is 19.1 Å². The Bertz CT molecular complexity index is 920. The summed E-state index contributed by atoms with van der Waals surface area (Å²) in [6.45, 7) is 2.14. The lowest BCUT2D eigenvalue weighted by atomic mass is 10.1. The average Bonchev–Trinajstić information content (AvgIpc) is 2.79. The lowest BCUT2D eigenvalue weighted by molar-refractivity contribution is -0.141. The van der Waals surface area contributed by atoms with Crippen LogP contribution in [0.4, 0.5) is 0 Å². The summed E-state index contributed by atoms with van der Waals surface area (Å²) in [5.74, 6) is 0.903. The summed E-state index contributed by atoms with van der Waals surface area (Å²) in [5, 5.41) is 3.50. The molecule has 31 heavy (non-hydrogen) atoms. The number of benzene rings is 2. The summed E-state index contributed by atoms with van der Waals surface area (Å²) in [7, 11) is 4.71. The molecule has 2 rings (SSSR count). The normalized spacial score (nSPS) is 11.5. The zero-order valence-corrected chi connectivity index (χ0v) is 19.7. The van der Waals surface area contributed by atoms with E-state index in [9.17, 15) is 9.59 Å². The van der Waals surface area contributed by atoms with Crippen LogP contribution in [0.3, 0.4) is 0 Å². The van der Waals surface area contributed by atoms with Crippen LogP contribution >= 0.6 is 23.2 Å². The predicted molar refractivity (Wildman–Crippen MR) is 123 cm³/mol. The Morgan fingerprint density at radius 2 is 1.68 bits per heavy atom. The van der Waals surface area contributed by atoms with Gasteiger partial charge >= 0.3 is 0 Å². The van der Waals surface area contributed by atoms with Gasteiger partial charge in [0.05, 0.1) is 24.3 Å². The standard InChI is InChI=1S/C23H28Cl2N2O4/c1-5-19(23(29)26-2)27(14-16-6-9-17(24)18(25)12-16)22(28)11-8-15-7-10-20(30-3)21(13-15)31-4/h6-7,9-10,12-13,19H,5,8,11,14H2,1-4H3,(H,26,29). The van der Waals surface area contributed by atoms with Gasteiger partial charge in [0.1, 0.15) is 6.04 Å². The topological polar surface area (TPSA) is 67.9 Å². The second kappa shape index (κ2) is 11.8. The summed E-state index contributed by atoms with van der Waals surface area (Å²) in [6, 6.07) is 10.2. The molecule has 2 aromatic rings. The van der Waals surface area contributed by atoms with Gasteiger partial charge in [-0.25, -0.2) is 0 Å². The van der Waals surface area contributed by atoms with Crippen molar-refractivity contribution in [2.24, 2.45) is 0 Å². The fraction of sp³-hybridized carbons (Fsp3) is 0.391. The molecule has 0 heterocycles. The molecule has 8 heteroatoms. The molecular weight excluding hydrogens is 439 g/mol. The lowest BCUT2D eigenvalue weighted by Gasteiger charge is -2.30. The molecular formula is C23H28Cl2N2O4. The van der Waals surface area contributed by atoms with Crippen LogP contribution in [0.25, 0.3) is 0 Å². The first-order chi connectivity index (χ1) is 14.8. The molecule has 0 radical (unpaired) electrons. The highest BCUT2D eigenvalue weighted by Crippen LogP contribution is 2.28. The van der Waals surface area contributed by atoms with Crippen molar-refractivity contribution >= 4 is 35.0 Å². The van der Waals surface area contributed by atoms with Gasteiger partial charge in [-0.15, -0.1) is 0 Å². The van der Waals surface area contributed by atoms with E-state index in [-0.39, 0.29) is 24.8 Å². The Morgan fingerprint density at radius 3 is 2.26 bits per heavy atom. The van der Waals surface area contributed by atoms with Gasteiger partial charge in [0.25, 0.3) is 0 Å². The van der Waals surface area contributed by atoms with E-state index in [1.54, 1.807) is 44.4 Å². The minimum atomic E-state index is -0.586. The van der Waals surface area contributed by atoms with Crippen LogP contribution < -0.4 is 14.8 Å². The van der Waals surface area contributed by atoms with E-state index in [2.05, 4.69) is 5.32 Å². The Kier molecular flexibility index (Phi) is 9.46. The van der Waals surface area contributed by atoms with Crippen LogP contribution in [0.15, 0.2) is 36.4 Å². The highest BCUT2D eigenvalue weighted by molar-refractivity contribution is 6.42. The van der Waals surface area contributed by atoms with E-state index in [1.165, 1.54) is 0 Å². The molecule has 1 N–H and O–H groups in total. The number of aryl methyl sites for hydroxylation is 1. The lowest BCUT2D eigenvalue weighted by Crippen LogP contribution is -2.48. The fourth-order valence-corrected chi connectivity index (χ4v) is 3.67. The molecule has 0 aliphatic rings. The van der Waals surface area contributed by atoms with Gasteiger partial charge in [-0.1, -0.05) is 42.3 Å².